The van der Waals surface area contributed by atoms with Gasteiger partial charge in [-0.25, -0.2) is 13.6 Å². The molecule has 29 heavy (non-hydrogen) atoms. The molecule has 2 amide bonds. The monoisotopic (exact) mass is 401 g/mol. The average molecular weight is 401 g/mol. The van der Waals surface area contributed by atoms with Gasteiger partial charge in [-0.1, -0.05) is 0 Å². The van der Waals surface area contributed by atoms with Gasteiger partial charge < -0.3 is 25.0 Å². The lowest BCUT2D eigenvalue weighted by atomic mass is 10.2. The zero-order valence-electron chi connectivity index (χ0n) is 15.1. The lowest BCUT2D eigenvalue weighted by Gasteiger charge is -2.22. The highest BCUT2D eigenvalue weighted by Gasteiger charge is 2.49. The van der Waals surface area contributed by atoms with Crippen LogP contribution in [0.25, 0.3) is 10.9 Å². The Kier molecular flexibility index (Phi) is 4.67. The first-order valence-corrected chi connectivity index (χ1v) is 8.87. The second-order valence-corrected chi connectivity index (χ2v) is 6.76. The first kappa shape index (κ1) is 18.9. The van der Waals surface area contributed by atoms with Gasteiger partial charge in [0, 0.05) is 48.4 Å². The van der Waals surface area contributed by atoms with Crippen LogP contribution in [-0.2, 0) is 16.1 Å². The van der Waals surface area contributed by atoms with Crippen LogP contribution in [0.1, 0.15) is 12.0 Å². The summed E-state index contributed by atoms with van der Waals surface area (Å²) in [7, 11) is 0. The van der Waals surface area contributed by atoms with Crippen molar-refractivity contribution in [2.75, 3.05) is 11.4 Å². The fourth-order valence-electron chi connectivity index (χ4n) is 3.31. The Labute approximate surface area is 163 Å². The van der Waals surface area contributed by atoms with E-state index in [4.69, 9.17) is 4.74 Å². The molecule has 0 bridgehead atoms. The molecule has 150 valence electrons. The molecular weight excluding hydrogens is 384 g/mol. The molecular formula is C20H17F2N3O4. The maximum Gasteiger partial charge on any atom is 0.410 e. The van der Waals surface area contributed by atoms with E-state index in [2.05, 4.69) is 10.3 Å². The summed E-state index contributed by atoms with van der Waals surface area (Å²) in [4.78, 5) is 29.1. The van der Waals surface area contributed by atoms with Crippen molar-refractivity contribution in [3.05, 3.63) is 65.9 Å². The van der Waals surface area contributed by atoms with Crippen LogP contribution in [0, 0.1) is 11.6 Å². The summed E-state index contributed by atoms with van der Waals surface area (Å²) in [6.45, 7) is -0.0701. The zero-order chi connectivity index (χ0) is 20.6. The van der Waals surface area contributed by atoms with Crippen LogP contribution < -0.4 is 10.2 Å². The smallest absolute Gasteiger partial charge is 0.407 e. The second-order valence-electron chi connectivity index (χ2n) is 6.76. The topological polar surface area (TPSA) is 94.7 Å². The van der Waals surface area contributed by atoms with E-state index in [1.807, 2.05) is 6.07 Å². The van der Waals surface area contributed by atoms with E-state index in [1.165, 1.54) is 4.90 Å². The van der Waals surface area contributed by atoms with Crippen LogP contribution in [0.15, 0.2) is 48.7 Å². The third-order valence-electron chi connectivity index (χ3n) is 4.72. The number of carbonyl (C=O) groups excluding carboxylic acids is 2. The Morgan fingerprint density at radius 1 is 1.21 bits per heavy atom. The van der Waals surface area contributed by atoms with E-state index in [0.29, 0.717) is 11.8 Å². The van der Waals surface area contributed by atoms with Crippen molar-refractivity contribution in [2.24, 2.45) is 0 Å². The van der Waals surface area contributed by atoms with E-state index in [9.17, 15) is 23.5 Å². The van der Waals surface area contributed by atoms with Gasteiger partial charge in [0.05, 0.1) is 0 Å². The number of nitrogens with one attached hydrogen (secondary N) is 2. The van der Waals surface area contributed by atoms with Crippen LogP contribution >= 0.6 is 0 Å². The quantitative estimate of drug-likeness (QED) is 0.586. The Bertz CT molecular complexity index is 1080. The van der Waals surface area contributed by atoms with E-state index in [0.717, 1.165) is 23.0 Å². The highest BCUT2D eigenvalue weighted by atomic mass is 19.1. The van der Waals surface area contributed by atoms with Crippen molar-refractivity contribution < 1.29 is 28.2 Å². The van der Waals surface area contributed by atoms with Gasteiger partial charge in [0.2, 0.25) is 0 Å². The number of nitrogens with zero attached hydrogens (tertiary/aromatic N) is 1. The Morgan fingerprint density at radius 2 is 1.97 bits per heavy atom. The number of anilines is 1. The van der Waals surface area contributed by atoms with Crippen molar-refractivity contribution in [1.82, 2.24) is 10.3 Å². The third kappa shape index (κ3) is 3.77. The maximum atomic E-state index is 13.2. The maximum absolute atomic E-state index is 13.2. The second kappa shape index (κ2) is 7.17. The predicted octanol–water partition coefficient (Wildman–Crippen LogP) is 2.80. The van der Waals surface area contributed by atoms with Crippen molar-refractivity contribution in [3.8, 4) is 0 Å². The molecule has 1 saturated heterocycles. The highest BCUT2D eigenvalue weighted by Crippen LogP contribution is 2.31. The molecule has 3 aromatic rings. The van der Waals surface area contributed by atoms with E-state index in [-0.39, 0.29) is 25.1 Å². The Balaban J connectivity index is 1.41. The number of aliphatic hydroxyl groups is 1. The molecule has 3 N–H and O–H groups in total. The van der Waals surface area contributed by atoms with Crippen molar-refractivity contribution in [2.45, 2.75) is 18.8 Å². The fraction of sp³-hybridized carbons (Fsp3) is 0.200. The lowest BCUT2D eigenvalue weighted by Crippen LogP contribution is -2.46. The fourth-order valence-corrected chi connectivity index (χ4v) is 3.31. The number of carbonyl (C=O) groups is 2. The van der Waals surface area contributed by atoms with E-state index < -0.39 is 29.4 Å². The van der Waals surface area contributed by atoms with Crippen LogP contribution in [0.3, 0.4) is 0 Å². The van der Waals surface area contributed by atoms with Gasteiger partial charge in [-0.05, 0) is 42.0 Å². The molecule has 0 saturated carbocycles. The first-order chi connectivity index (χ1) is 13.8. The molecule has 0 spiro atoms. The Hall–Kier alpha value is -3.46. The number of ether oxygens (including phenoxy) is 1. The molecule has 1 aliphatic heterocycles. The summed E-state index contributed by atoms with van der Waals surface area (Å²) < 4.78 is 31.3. The van der Waals surface area contributed by atoms with E-state index in [1.54, 1.807) is 24.4 Å². The van der Waals surface area contributed by atoms with Gasteiger partial charge in [-0.15, -0.1) is 0 Å². The van der Waals surface area contributed by atoms with Gasteiger partial charge in [0.15, 0.2) is 0 Å². The molecule has 1 aromatic heterocycles. The zero-order valence-corrected chi connectivity index (χ0v) is 15.1. The molecule has 2 aromatic carbocycles. The first-order valence-electron chi connectivity index (χ1n) is 8.87. The minimum Gasteiger partial charge on any atom is -0.407 e. The molecule has 7 nitrogen and oxygen atoms in total. The predicted molar refractivity (Wildman–Crippen MR) is 99.9 cm³/mol. The average Bonchev–Trinajstić information content (AvgIpc) is 3.24. The van der Waals surface area contributed by atoms with Crippen LogP contribution in [-0.4, -0.2) is 34.4 Å². The number of amides is 2. The summed E-state index contributed by atoms with van der Waals surface area (Å²) >= 11 is 0. The molecule has 0 radical (unpaired) electrons. The number of hydrogen-bond donors (Lipinski definition) is 3. The highest BCUT2D eigenvalue weighted by molar-refractivity contribution is 6.02. The number of aromatic nitrogens is 1. The minimum atomic E-state index is -2.32. The number of rotatable bonds is 4. The lowest BCUT2D eigenvalue weighted by molar-refractivity contribution is -0.175. The van der Waals surface area contributed by atoms with Crippen LogP contribution in [0.2, 0.25) is 0 Å². The SMILES string of the molecule is O=C(NCc1cc(F)cc(F)c1)OC1(O)CCN(c2ccc3[nH]ccc3c2)C1=O. The number of benzene rings is 2. The summed E-state index contributed by atoms with van der Waals surface area (Å²) in [6, 6.07) is 9.98. The van der Waals surface area contributed by atoms with Crippen LogP contribution in [0.4, 0.5) is 19.3 Å². The van der Waals surface area contributed by atoms with Crippen LogP contribution in [0.5, 0.6) is 0 Å². The number of fused-ring (bicyclic) bond motifs is 1. The molecule has 0 aliphatic carbocycles. The van der Waals surface area contributed by atoms with Gasteiger partial charge in [-0.3, -0.25) is 4.79 Å². The largest absolute Gasteiger partial charge is 0.410 e. The summed E-state index contributed by atoms with van der Waals surface area (Å²) in [6.07, 6.45) is 0.585. The van der Waals surface area contributed by atoms with Crippen molar-refractivity contribution in [3.63, 3.8) is 0 Å². The van der Waals surface area contributed by atoms with Crippen molar-refractivity contribution >= 4 is 28.6 Å². The van der Waals surface area contributed by atoms with Gasteiger partial charge in [0.25, 0.3) is 11.7 Å². The summed E-state index contributed by atoms with van der Waals surface area (Å²) in [5.41, 5.74) is 1.64. The summed E-state index contributed by atoms with van der Waals surface area (Å²) in [5, 5.41) is 13.7. The number of halogens is 2. The molecule has 9 heteroatoms. The van der Waals surface area contributed by atoms with Gasteiger partial charge in [-0.2, -0.15) is 0 Å². The number of aromatic amines is 1. The minimum absolute atomic E-state index is 0.112. The normalized spacial score (nSPS) is 19.0. The molecule has 1 aliphatic rings. The van der Waals surface area contributed by atoms with Gasteiger partial charge in [0.1, 0.15) is 11.6 Å². The molecule has 1 unspecified atom stereocenters. The molecule has 1 atom stereocenters. The molecule has 1 fully saturated rings. The standard InChI is InChI=1S/C20H17F2N3O4/c21-14-7-12(8-15(22)10-14)11-24-19(27)29-20(28)4-6-25(18(20)26)16-1-2-17-13(9-16)3-5-23-17/h1-3,5,7-10,23,28H,4,6,11H2,(H,24,27). The van der Waals surface area contributed by atoms with Gasteiger partial charge >= 0.3 is 6.09 Å². The van der Waals surface area contributed by atoms with Crippen molar-refractivity contribution in [1.29, 1.82) is 0 Å². The number of H-pyrrole nitrogens is 1. The molecule has 2 heterocycles. The van der Waals surface area contributed by atoms with E-state index >= 15 is 0 Å². The summed E-state index contributed by atoms with van der Waals surface area (Å²) in [5.74, 6) is -4.64. The number of hydrogen-bond acceptors (Lipinski definition) is 4. The molecule has 4 rings (SSSR count). The Morgan fingerprint density at radius 3 is 2.72 bits per heavy atom. The number of alkyl carbamates (subject to hydrolysis) is 1. The third-order valence-corrected chi connectivity index (χ3v) is 4.72.